The number of rotatable bonds is 4. The first-order valence-electron chi connectivity index (χ1n) is 7.69. The highest BCUT2D eigenvalue weighted by Gasteiger charge is 2.33. The maximum absolute atomic E-state index is 13.0. The molecule has 1 amide bonds. The van der Waals surface area contributed by atoms with Crippen molar-refractivity contribution in [2.24, 2.45) is 0 Å². The predicted molar refractivity (Wildman–Crippen MR) is 93.4 cm³/mol. The SMILES string of the molecule is O=C(Nc1ccccc1)c1ccc(Nc2ccccc2C(F)(F)F)cn1. The number of alkyl halides is 3. The summed E-state index contributed by atoms with van der Waals surface area (Å²) < 4.78 is 39.1. The molecule has 0 aliphatic heterocycles. The van der Waals surface area contributed by atoms with Crippen LogP contribution in [0.15, 0.2) is 72.9 Å². The van der Waals surface area contributed by atoms with Gasteiger partial charge in [-0.1, -0.05) is 30.3 Å². The monoisotopic (exact) mass is 357 g/mol. The van der Waals surface area contributed by atoms with Crippen LogP contribution in [-0.4, -0.2) is 10.9 Å². The van der Waals surface area contributed by atoms with E-state index in [4.69, 9.17) is 0 Å². The van der Waals surface area contributed by atoms with Crippen LogP contribution in [-0.2, 0) is 6.18 Å². The Balaban J connectivity index is 1.74. The molecule has 26 heavy (non-hydrogen) atoms. The molecule has 3 rings (SSSR count). The first-order valence-corrected chi connectivity index (χ1v) is 7.69. The molecule has 0 aliphatic carbocycles. The van der Waals surface area contributed by atoms with Crippen molar-refractivity contribution in [3.05, 3.63) is 84.2 Å². The number of pyridine rings is 1. The van der Waals surface area contributed by atoms with Crippen LogP contribution in [0.25, 0.3) is 0 Å². The third-order valence-electron chi connectivity index (χ3n) is 3.54. The van der Waals surface area contributed by atoms with E-state index in [0.717, 1.165) is 6.07 Å². The molecular formula is C19H14F3N3O. The highest BCUT2D eigenvalue weighted by atomic mass is 19.4. The summed E-state index contributed by atoms with van der Waals surface area (Å²) in [5.41, 5.74) is 0.274. The summed E-state index contributed by atoms with van der Waals surface area (Å²) in [6.45, 7) is 0. The third-order valence-corrected chi connectivity index (χ3v) is 3.54. The number of hydrogen-bond donors (Lipinski definition) is 2. The van der Waals surface area contributed by atoms with Crippen LogP contribution in [0.4, 0.5) is 30.2 Å². The number of halogens is 3. The summed E-state index contributed by atoms with van der Waals surface area (Å²) in [6, 6.07) is 17.0. The molecule has 0 radical (unpaired) electrons. The van der Waals surface area contributed by atoms with Crippen molar-refractivity contribution in [3.63, 3.8) is 0 Å². The van der Waals surface area contributed by atoms with Crippen molar-refractivity contribution in [3.8, 4) is 0 Å². The van der Waals surface area contributed by atoms with Gasteiger partial charge in [-0.3, -0.25) is 4.79 Å². The molecule has 7 heteroatoms. The van der Waals surface area contributed by atoms with E-state index in [2.05, 4.69) is 15.6 Å². The minimum absolute atomic E-state index is 0.0803. The molecule has 3 aromatic rings. The topological polar surface area (TPSA) is 54.0 Å². The van der Waals surface area contributed by atoms with E-state index in [-0.39, 0.29) is 11.4 Å². The Hall–Kier alpha value is -3.35. The van der Waals surface area contributed by atoms with Crippen LogP contribution in [0.2, 0.25) is 0 Å². The van der Waals surface area contributed by atoms with Crippen molar-refractivity contribution in [1.29, 1.82) is 0 Å². The molecule has 1 heterocycles. The van der Waals surface area contributed by atoms with Crippen molar-refractivity contribution in [2.45, 2.75) is 6.18 Å². The van der Waals surface area contributed by atoms with E-state index in [1.54, 1.807) is 24.3 Å². The van der Waals surface area contributed by atoms with E-state index >= 15 is 0 Å². The molecule has 0 aliphatic rings. The van der Waals surface area contributed by atoms with Gasteiger partial charge in [0.05, 0.1) is 23.1 Å². The van der Waals surface area contributed by atoms with E-state index < -0.39 is 17.6 Å². The van der Waals surface area contributed by atoms with Crippen LogP contribution < -0.4 is 10.6 Å². The number of aromatic nitrogens is 1. The van der Waals surface area contributed by atoms with Crippen molar-refractivity contribution < 1.29 is 18.0 Å². The van der Waals surface area contributed by atoms with Gasteiger partial charge in [0.15, 0.2) is 0 Å². The molecule has 4 nitrogen and oxygen atoms in total. The number of carbonyl (C=O) groups excluding carboxylic acids is 1. The van der Waals surface area contributed by atoms with Crippen LogP contribution in [0.5, 0.6) is 0 Å². The summed E-state index contributed by atoms with van der Waals surface area (Å²) in [5, 5.41) is 5.37. The van der Waals surface area contributed by atoms with Gasteiger partial charge in [-0.2, -0.15) is 13.2 Å². The Labute approximate surface area is 147 Å². The minimum Gasteiger partial charge on any atom is -0.354 e. The first-order chi connectivity index (χ1) is 12.4. The molecule has 0 spiro atoms. The number of nitrogens with one attached hydrogen (secondary N) is 2. The zero-order valence-electron chi connectivity index (χ0n) is 13.4. The second kappa shape index (κ2) is 7.26. The maximum atomic E-state index is 13.0. The van der Waals surface area contributed by atoms with Gasteiger partial charge in [0.2, 0.25) is 0 Å². The van der Waals surface area contributed by atoms with Crippen molar-refractivity contribution >= 4 is 23.0 Å². The second-order valence-electron chi connectivity index (χ2n) is 5.42. The first kappa shape index (κ1) is 17.5. The maximum Gasteiger partial charge on any atom is 0.418 e. The summed E-state index contributed by atoms with van der Waals surface area (Å²) >= 11 is 0. The number of amides is 1. The lowest BCUT2D eigenvalue weighted by Crippen LogP contribution is -2.13. The Bertz CT molecular complexity index is 894. The normalized spacial score (nSPS) is 11.0. The highest BCUT2D eigenvalue weighted by Crippen LogP contribution is 2.35. The predicted octanol–water partition coefficient (Wildman–Crippen LogP) is 5.10. The average molecular weight is 357 g/mol. The van der Waals surface area contributed by atoms with Gasteiger partial charge in [-0.15, -0.1) is 0 Å². The summed E-state index contributed by atoms with van der Waals surface area (Å²) in [7, 11) is 0. The third kappa shape index (κ3) is 4.18. The van der Waals surface area contributed by atoms with Crippen molar-refractivity contribution in [2.75, 3.05) is 10.6 Å². The smallest absolute Gasteiger partial charge is 0.354 e. The van der Waals surface area contributed by atoms with E-state index in [1.807, 2.05) is 6.07 Å². The number of para-hydroxylation sites is 2. The number of anilines is 3. The lowest BCUT2D eigenvalue weighted by atomic mass is 10.1. The molecule has 0 atom stereocenters. The van der Waals surface area contributed by atoms with E-state index in [0.29, 0.717) is 11.4 Å². The Morgan fingerprint density at radius 1 is 0.846 bits per heavy atom. The standard InChI is InChI=1S/C19H14F3N3O/c20-19(21,22)15-8-4-5-9-16(15)24-14-10-11-17(23-12-14)18(26)25-13-6-2-1-3-7-13/h1-12,24H,(H,25,26). The fourth-order valence-electron chi connectivity index (χ4n) is 2.31. The van der Waals surface area contributed by atoms with Crippen LogP contribution in [0.1, 0.15) is 16.1 Å². The molecule has 0 bridgehead atoms. The molecule has 2 aromatic carbocycles. The highest BCUT2D eigenvalue weighted by molar-refractivity contribution is 6.02. The van der Waals surface area contributed by atoms with Crippen molar-refractivity contribution in [1.82, 2.24) is 4.98 Å². The lowest BCUT2D eigenvalue weighted by molar-refractivity contribution is -0.136. The number of hydrogen-bond acceptors (Lipinski definition) is 3. The summed E-state index contributed by atoms with van der Waals surface area (Å²) in [6.07, 6.45) is -3.15. The Kier molecular flexibility index (Phi) is 4.88. The molecule has 0 fully saturated rings. The number of benzene rings is 2. The van der Waals surface area contributed by atoms with Gasteiger partial charge in [0, 0.05) is 5.69 Å². The Morgan fingerprint density at radius 2 is 1.54 bits per heavy atom. The second-order valence-corrected chi connectivity index (χ2v) is 5.42. The molecule has 0 unspecified atom stereocenters. The number of nitrogens with zero attached hydrogens (tertiary/aromatic N) is 1. The quantitative estimate of drug-likeness (QED) is 0.683. The summed E-state index contributed by atoms with van der Waals surface area (Å²) in [4.78, 5) is 16.1. The van der Waals surface area contributed by atoms with Gasteiger partial charge in [-0.05, 0) is 36.4 Å². The van der Waals surface area contributed by atoms with Gasteiger partial charge < -0.3 is 10.6 Å². The summed E-state index contributed by atoms with van der Waals surface area (Å²) in [5.74, 6) is -0.404. The van der Waals surface area contributed by atoms with Gasteiger partial charge in [-0.25, -0.2) is 4.98 Å². The zero-order valence-corrected chi connectivity index (χ0v) is 13.4. The number of carbonyl (C=O) groups is 1. The molecular weight excluding hydrogens is 343 g/mol. The van der Waals surface area contributed by atoms with Gasteiger partial charge in [0.1, 0.15) is 5.69 Å². The minimum atomic E-state index is -4.47. The molecule has 132 valence electrons. The van der Waals surface area contributed by atoms with Gasteiger partial charge in [0.25, 0.3) is 5.91 Å². The molecule has 0 saturated carbocycles. The Morgan fingerprint density at radius 3 is 2.19 bits per heavy atom. The molecule has 2 N–H and O–H groups in total. The fourth-order valence-corrected chi connectivity index (χ4v) is 2.31. The lowest BCUT2D eigenvalue weighted by Gasteiger charge is -2.14. The van der Waals surface area contributed by atoms with E-state index in [1.165, 1.54) is 36.5 Å². The molecule has 1 aromatic heterocycles. The van der Waals surface area contributed by atoms with Gasteiger partial charge >= 0.3 is 6.18 Å². The average Bonchev–Trinajstić information content (AvgIpc) is 2.63. The zero-order chi connectivity index (χ0) is 18.6. The molecule has 0 saturated heterocycles. The fraction of sp³-hybridized carbons (Fsp3) is 0.0526. The largest absolute Gasteiger partial charge is 0.418 e. The van der Waals surface area contributed by atoms with Crippen LogP contribution >= 0.6 is 0 Å². The van der Waals surface area contributed by atoms with E-state index in [9.17, 15) is 18.0 Å². The van der Waals surface area contributed by atoms with Crippen LogP contribution in [0.3, 0.4) is 0 Å². The van der Waals surface area contributed by atoms with Crippen LogP contribution in [0, 0.1) is 0 Å².